The number of benzene rings is 1. The van der Waals surface area contributed by atoms with E-state index in [-0.39, 0.29) is 11.9 Å². The minimum atomic E-state index is -0.101. The van der Waals surface area contributed by atoms with E-state index in [1.807, 2.05) is 37.3 Å². The standard InChI is InChI=1S/C15H15ClN2O/c1-11(13-5-7-17-8-6-13)18-15(19)14-4-2-3-12(9-14)10-16/h2-9,11H,10H2,1H3,(H,18,19)/t11-/m0/s1. The molecule has 0 bridgehead atoms. The summed E-state index contributed by atoms with van der Waals surface area (Å²) in [5, 5.41) is 2.95. The Morgan fingerprint density at radius 3 is 2.74 bits per heavy atom. The van der Waals surface area contributed by atoms with Gasteiger partial charge in [0.05, 0.1) is 6.04 Å². The van der Waals surface area contributed by atoms with Gasteiger partial charge in [0.25, 0.3) is 5.91 Å². The first-order chi connectivity index (χ1) is 9.20. The van der Waals surface area contributed by atoms with E-state index in [1.165, 1.54) is 0 Å². The molecule has 1 N–H and O–H groups in total. The summed E-state index contributed by atoms with van der Waals surface area (Å²) in [6, 6.07) is 11.0. The molecule has 0 unspecified atom stereocenters. The van der Waals surface area contributed by atoms with Gasteiger partial charge in [-0.3, -0.25) is 9.78 Å². The first-order valence-corrected chi connectivity index (χ1v) is 6.60. The fourth-order valence-corrected chi connectivity index (χ4v) is 1.98. The van der Waals surface area contributed by atoms with Crippen molar-refractivity contribution in [2.45, 2.75) is 18.8 Å². The first-order valence-electron chi connectivity index (χ1n) is 6.06. The third kappa shape index (κ3) is 3.55. The maximum Gasteiger partial charge on any atom is 0.251 e. The van der Waals surface area contributed by atoms with E-state index >= 15 is 0 Å². The summed E-state index contributed by atoms with van der Waals surface area (Å²) < 4.78 is 0. The van der Waals surface area contributed by atoms with E-state index in [4.69, 9.17) is 11.6 Å². The molecule has 0 fully saturated rings. The Hall–Kier alpha value is -1.87. The number of nitrogens with one attached hydrogen (secondary N) is 1. The summed E-state index contributed by atoms with van der Waals surface area (Å²) in [6.07, 6.45) is 3.43. The lowest BCUT2D eigenvalue weighted by atomic mass is 10.1. The van der Waals surface area contributed by atoms with Crippen LogP contribution in [0.3, 0.4) is 0 Å². The van der Waals surface area contributed by atoms with Crippen LogP contribution in [0.2, 0.25) is 0 Å². The second kappa shape index (κ2) is 6.34. The third-order valence-electron chi connectivity index (χ3n) is 2.90. The number of alkyl halides is 1. The van der Waals surface area contributed by atoms with Gasteiger partial charge in [0.2, 0.25) is 0 Å². The molecule has 1 aromatic heterocycles. The Labute approximate surface area is 117 Å². The summed E-state index contributed by atoms with van der Waals surface area (Å²) in [5.74, 6) is 0.303. The molecule has 0 spiro atoms. The van der Waals surface area contributed by atoms with Crippen LogP contribution in [0.1, 0.15) is 34.5 Å². The van der Waals surface area contributed by atoms with Crippen LogP contribution in [0.15, 0.2) is 48.8 Å². The highest BCUT2D eigenvalue weighted by Gasteiger charge is 2.11. The highest BCUT2D eigenvalue weighted by Crippen LogP contribution is 2.13. The zero-order chi connectivity index (χ0) is 13.7. The van der Waals surface area contributed by atoms with E-state index < -0.39 is 0 Å². The van der Waals surface area contributed by atoms with E-state index in [1.54, 1.807) is 18.5 Å². The normalized spacial score (nSPS) is 11.9. The monoisotopic (exact) mass is 274 g/mol. The van der Waals surface area contributed by atoms with Crippen molar-refractivity contribution in [3.05, 3.63) is 65.5 Å². The van der Waals surface area contributed by atoms with Gasteiger partial charge in [0, 0.05) is 23.8 Å². The van der Waals surface area contributed by atoms with Gasteiger partial charge < -0.3 is 5.32 Å². The van der Waals surface area contributed by atoms with Gasteiger partial charge in [-0.05, 0) is 42.3 Å². The van der Waals surface area contributed by atoms with Gasteiger partial charge in [-0.1, -0.05) is 12.1 Å². The molecule has 0 saturated carbocycles. The number of amides is 1. The molecule has 98 valence electrons. The summed E-state index contributed by atoms with van der Waals surface area (Å²) in [7, 11) is 0. The van der Waals surface area contributed by atoms with Crippen molar-refractivity contribution in [3.63, 3.8) is 0 Å². The summed E-state index contributed by atoms with van der Waals surface area (Å²) in [4.78, 5) is 16.1. The van der Waals surface area contributed by atoms with Gasteiger partial charge >= 0.3 is 0 Å². The van der Waals surface area contributed by atoms with Crippen LogP contribution < -0.4 is 5.32 Å². The number of aromatic nitrogens is 1. The van der Waals surface area contributed by atoms with E-state index in [0.717, 1.165) is 11.1 Å². The molecule has 0 radical (unpaired) electrons. The van der Waals surface area contributed by atoms with Crippen molar-refractivity contribution in [2.75, 3.05) is 0 Å². The molecule has 0 aliphatic heterocycles. The number of rotatable bonds is 4. The Morgan fingerprint density at radius 2 is 2.05 bits per heavy atom. The van der Waals surface area contributed by atoms with Crippen molar-refractivity contribution < 1.29 is 4.79 Å². The molecule has 0 aliphatic rings. The first kappa shape index (κ1) is 13.6. The fourth-order valence-electron chi connectivity index (χ4n) is 1.81. The third-order valence-corrected chi connectivity index (χ3v) is 3.21. The highest BCUT2D eigenvalue weighted by molar-refractivity contribution is 6.17. The predicted octanol–water partition coefficient (Wildman–Crippen LogP) is 3.31. The summed E-state index contributed by atoms with van der Waals surface area (Å²) >= 11 is 5.77. The highest BCUT2D eigenvalue weighted by atomic mass is 35.5. The topological polar surface area (TPSA) is 42.0 Å². The van der Waals surface area contributed by atoms with E-state index in [9.17, 15) is 4.79 Å². The maximum atomic E-state index is 12.1. The van der Waals surface area contributed by atoms with Crippen LogP contribution in [0.5, 0.6) is 0 Å². The van der Waals surface area contributed by atoms with Crippen LogP contribution in [0.25, 0.3) is 0 Å². The molecule has 1 amide bonds. The zero-order valence-electron chi connectivity index (χ0n) is 10.6. The Morgan fingerprint density at radius 1 is 1.32 bits per heavy atom. The van der Waals surface area contributed by atoms with Gasteiger partial charge in [0.15, 0.2) is 0 Å². The number of carbonyl (C=O) groups is 1. The molecular weight excluding hydrogens is 260 g/mol. The molecule has 0 aliphatic carbocycles. The molecule has 2 aromatic rings. The average Bonchev–Trinajstić information content (AvgIpc) is 2.48. The lowest BCUT2D eigenvalue weighted by molar-refractivity contribution is 0.0940. The van der Waals surface area contributed by atoms with Crippen LogP contribution in [0, 0.1) is 0 Å². The Kier molecular flexibility index (Phi) is 4.53. The molecule has 2 rings (SSSR count). The molecule has 1 atom stereocenters. The van der Waals surface area contributed by atoms with Crippen LogP contribution >= 0.6 is 11.6 Å². The summed E-state index contributed by atoms with van der Waals surface area (Å²) in [5.41, 5.74) is 2.58. The molecule has 1 aromatic carbocycles. The van der Waals surface area contributed by atoms with Crippen LogP contribution in [-0.2, 0) is 5.88 Å². The zero-order valence-corrected chi connectivity index (χ0v) is 11.4. The Balaban J connectivity index is 2.08. The predicted molar refractivity (Wildman–Crippen MR) is 76.1 cm³/mol. The van der Waals surface area contributed by atoms with Crippen molar-refractivity contribution in [3.8, 4) is 0 Å². The Bertz CT molecular complexity index is 557. The number of hydrogen-bond donors (Lipinski definition) is 1. The lowest BCUT2D eigenvalue weighted by Gasteiger charge is -2.14. The second-order valence-electron chi connectivity index (χ2n) is 4.31. The second-order valence-corrected chi connectivity index (χ2v) is 4.58. The molecule has 19 heavy (non-hydrogen) atoms. The van der Waals surface area contributed by atoms with Gasteiger partial charge in [-0.2, -0.15) is 0 Å². The van der Waals surface area contributed by atoms with E-state index in [0.29, 0.717) is 11.4 Å². The quantitative estimate of drug-likeness (QED) is 0.869. The van der Waals surface area contributed by atoms with E-state index in [2.05, 4.69) is 10.3 Å². The van der Waals surface area contributed by atoms with Crippen molar-refractivity contribution in [1.82, 2.24) is 10.3 Å². The van der Waals surface area contributed by atoms with Crippen molar-refractivity contribution >= 4 is 17.5 Å². The number of hydrogen-bond acceptors (Lipinski definition) is 2. The fraction of sp³-hybridized carbons (Fsp3) is 0.200. The summed E-state index contributed by atoms with van der Waals surface area (Å²) in [6.45, 7) is 1.94. The minimum Gasteiger partial charge on any atom is -0.346 e. The largest absolute Gasteiger partial charge is 0.346 e. The molecule has 4 heteroatoms. The molecular formula is C15H15ClN2O. The van der Waals surface area contributed by atoms with Gasteiger partial charge in [-0.15, -0.1) is 11.6 Å². The lowest BCUT2D eigenvalue weighted by Crippen LogP contribution is -2.26. The average molecular weight is 275 g/mol. The van der Waals surface area contributed by atoms with Gasteiger partial charge in [0.1, 0.15) is 0 Å². The van der Waals surface area contributed by atoms with Gasteiger partial charge in [-0.25, -0.2) is 0 Å². The molecule has 3 nitrogen and oxygen atoms in total. The number of carbonyl (C=O) groups excluding carboxylic acids is 1. The number of nitrogens with zero attached hydrogens (tertiary/aromatic N) is 1. The maximum absolute atomic E-state index is 12.1. The SMILES string of the molecule is C[C@H](NC(=O)c1cccc(CCl)c1)c1ccncc1. The molecule has 0 saturated heterocycles. The van der Waals surface area contributed by atoms with Crippen molar-refractivity contribution in [1.29, 1.82) is 0 Å². The van der Waals surface area contributed by atoms with Crippen LogP contribution in [-0.4, -0.2) is 10.9 Å². The van der Waals surface area contributed by atoms with Crippen molar-refractivity contribution in [2.24, 2.45) is 0 Å². The number of halogens is 1. The number of pyridine rings is 1. The molecule has 1 heterocycles. The van der Waals surface area contributed by atoms with Crippen LogP contribution in [0.4, 0.5) is 0 Å². The smallest absolute Gasteiger partial charge is 0.251 e. The minimum absolute atomic E-state index is 0.0600.